The van der Waals surface area contributed by atoms with Crippen LogP contribution in [0, 0.1) is 6.92 Å². The van der Waals surface area contributed by atoms with Crippen molar-refractivity contribution < 1.29 is 9.63 Å². The maximum Gasteiger partial charge on any atom is 0.156 e. The Morgan fingerprint density at radius 1 is 1.73 bits per heavy atom. The first-order chi connectivity index (χ1) is 5.29. The molecule has 1 aliphatic rings. The number of nitrogens with zero attached hydrogens (tertiary/aromatic N) is 1. The number of hydrogen-bond donors (Lipinski definition) is 2. The Morgan fingerprint density at radius 2 is 2.55 bits per heavy atom. The van der Waals surface area contributed by atoms with Gasteiger partial charge in [0.15, 0.2) is 5.76 Å². The van der Waals surface area contributed by atoms with Gasteiger partial charge in [-0.1, -0.05) is 5.16 Å². The lowest BCUT2D eigenvalue weighted by atomic mass is 10.0. The SMILES string of the molecule is Cc1noc2c1C(O)CNC2. The zero-order valence-electron chi connectivity index (χ0n) is 6.29. The number of nitrogens with one attached hydrogen (secondary N) is 1. The second-order valence-corrected chi connectivity index (χ2v) is 2.75. The number of hydrogen-bond acceptors (Lipinski definition) is 4. The molecule has 2 N–H and O–H groups in total. The van der Waals surface area contributed by atoms with E-state index in [9.17, 15) is 5.11 Å². The summed E-state index contributed by atoms with van der Waals surface area (Å²) in [4.78, 5) is 0. The summed E-state index contributed by atoms with van der Waals surface area (Å²) in [7, 11) is 0. The number of aliphatic hydroxyl groups is 1. The van der Waals surface area contributed by atoms with Crippen molar-refractivity contribution in [1.29, 1.82) is 0 Å². The van der Waals surface area contributed by atoms with Gasteiger partial charge in [-0.15, -0.1) is 0 Å². The van der Waals surface area contributed by atoms with Crippen molar-refractivity contribution >= 4 is 0 Å². The van der Waals surface area contributed by atoms with Gasteiger partial charge in [-0.2, -0.15) is 0 Å². The molecule has 4 nitrogen and oxygen atoms in total. The lowest BCUT2D eigenvalue weighted by Crippen LogP contribution is -2.27. The van der Waals surface area contributed by atoms with E-state index >= 15 is 0 Å². The molecule has 1 aromatic rings. The van der Waals surface area contributed by atoms with E-state index in [1.54, 1.807) is 0 Å². The standard InChI is InChI=1S/C7H10N2O2/c1-4-7-5(10)2-8-3-6(7)11-9-4/h5,8,10H,2-3H2,1H3. The van der Waals surface area contributed by atoms with E-state index in [1.165, 1.54) is 0 Å². The Hall–Kier alpha value is -0.870. The fraction of sp³-hybridized carbons (Fsp3) is 0.571. The van der Waals surface area contributed by atoms with Gasteiger partial charge in [-0.05, 0) is 6.92 Å². The normalized spacial score (nSPS) is 23.3. The molecule has 2 heterocycles. The van der Waals surface area contributed by atoms with Crippen LogP contribution in [-0.4, -0.2) is 16.8 Å². The third-order valence-corrected chi connectivity index (χ3v) is 1.94. The molecule has 0 radical (unpaired) electrons. The smallest absolute Gasteiger partial charge is 0.156 e. The third-order valence-electron chi connectivity index (χ3n) is 1.94. The van der Waals surface area contributed by atoms with Crippen LogP contribution in [0.5, 0.6) is 0 Å². The molecule has 2 rings (SSSR count). The summed E-state index contributed by atoms with van der Waals surface area (Å²) < 4.78 is 4.98. The number of rotatable bonds is 0. The van der Waals surface area contributed by atoms with Crippen LogP contribution in [0.4, 0.5) is 0 Å². The Labute approximate surface area is 64.2 Å². The van der Waals surface area contributed by atoms with Crippen LogP contribution in [0.25, 0.3) is 0 Å². The minimum Gasteiger partial charge on any atom is -0.387 e. The van der Waals surface area contributed by atoms with Gasteiger partial charge in [0.25, 0.3) is 0 Å². The van der Waals surface area contributed by atoms with Crippen molar-refractivity contribution in [3.05, 3.63) is 17.0 Å². The summed E-state index contributed by atoms with van der Waals surface area (Å²) in [5.41, 5.74) is 1.66. The van der Waals surface area contributed by atoms with E-state index in [-0.39, 0.29) is 0 Å². The van der Waals surface area contributed by atoms with Gasteiger partial charge in [-0.3, -0.25) is 0 Å². The summed E-state index contributed by atoms with van der Waals surface area (Å²) in [6, 6.07) is 0. The molecular weight excluding hydrogens is 144 g/mol. The quantitative estimate of drug-likeness (QED) is 0.557. The molecular formula is C7H10N2O2. The van der Waals surface area contributed by atoms with Gasteiger partial charge < -0.3 is 14.9 Å². The molecule has 1 atom stereocenters. The largest absolute Gasteiger partial charge is 0.387 e. The van der Waals surface area contributed by atoms with Gasteiger partial charge in [0.05, 0.1) is 18.3 Å². The van der Waals surface area contributed by atoms with Gasteiger partial charge in [0.2, 0.25) is 0 Å². The van der Waals surface area contributed by atoms with Gasteiger partial charge in [-0.25, -0.2) is 0 Å². The number of aromatic nitrogens is 1. The van der Waals surface area contributed by atoms with Crippen LogP contribution in [0.2, 0.25) is 0 Å². The Bertz CT molecular complexity index is 269. The summed E-state index contributed by atoms with van der Waals surface area (Å²) in [5.74, 6) is 0.765. The van der Waals surface area contributed by atoms with E-state index < -0.39 is 6.10 Å². The summed E-state index contributed by atoms with van der Waals surface area (Å²) in [6.07, 6.45) is -0.454. The molecule has 0 fully saturated rings. The van der Waals surface area contributed by atoms with Crippen molar-refractivity contribution in [2.75, 3.05) is 6.54 Å². The highest BCUT2D eigenvalue weighted by Gasteiger charge is 2.23. The van der Waals surface area contributed by atoms with E-state index in [4.69, 9.17) is 4.52 Å². The average Bonchev–Trinajstić information content (AvgIpc) is 2.34. The predicted octanol–water partition coefficient (Wildman–Crippen LogP) is 0.120. The van der Waals surface area contributed by atoms with Crippen molar-refractivity contribution in [3.8, 4) is 0 Å². The van der Waals surface area contributed by atoms with E-state index in [0.29, 0.717) is 13.1 Å². The Balaban J connectivity index is 2.48. The van der Waals surface area contributed by atoms with E-state index in [1.807, 2.05) is 6.92 Å². The minimum absolute atomic E-state index is 0.454. The highest BCUT2D eigenvalue weighted by Crippen LogP contribution is 2.24. The predicted molar refractivity (Wildman–Crippen MR) is 37.9 cm³/mol. The van der Waals surface area contributed by atoms with Crippen LogP contribution < -0.4 is 5.32 Å². The average molecular weight is 154 g/mol. The molecule has 0 amide bonds. The monoisotopic (exact) mass is 154 g/mol. The molecule has 1 aliphatic heterocycles. The Kier molecular flexibility index (Phi) is 1.44. The minimum atomic E-state index is -0.454. The lowest BCUT2D eigenvalue weighted by molar-refractivity contribution is 0.159. The molecule has 1 aromatic heterocycles. The van der Waals surface area contributed by atoms with E-state index in [2.05, 4.69) is 10.5 Å². The highest BCUT2D eigenvalue weighted by atomic mass is 16.5. The summed E-state index contributed by atoms with van der Waals surface area (Å²) >= 11 is 0. The van der Waals surface area contributed by atoms with Gasteiger partial charge >= 0.3 is 0 Å². The molecule has 0 spiro atoms. The first-order valence-electron chi connectivity index (χ1n) is 3.63. The fourth-order valence-corrected chi connectivity index (χ4v) is 1.40. The van der Waals surface area contributed by atoms with Crippen molar-refractivity contribution in [2.45, 2.75) is 19.6 Å². The molecule has 60 valence electrons. The number of fused-ring (bicyclic) bond motifs is 1. The summed E-state index contributed by atoms with van der Waals surface area (Å²) in [6.45, 7) is 3.11. The van der Waals surface area contributed by atoms with Crippen molar-refractivity contribution in [1.82, 2.24) is 10.5 Å². The lowest BCUT2D eigenvalue weighted by Gasteiger charge is -2.16. The summed E-state index contributed by atoms with van der Waals surface area (Å²) in [5, 5.41) is 16.3. The molecule has 4 heteroatoms. The molecule has 0 bridgehead atoms. The zero-order chi connectivity index (χ0) is 7.84. The fourth-order valence-electron chi connectivity index (χ4n) is 1.40. The Morgan fingerprint density at radius 3 is 3.27 bits per heavy atom. The van der Waals surface area contributed by atoms with Gasteiger partial charge in [0.1, 0.15) is 0 Å². The number of β-amino-alcohol motifs (C(OH)–C–C–N with tert-alkyl or cyclic N) is 1. The molecule has 0 saturated carbocycles. The van der Waals surface area contributed by atoms with Crippen LogP contribution in [0.3, 0.4) is 0 Å². The van der Waals surface area contributed by atoms with Gasteiger partial charge in [0, 0.05) is 12.1 Å². The maximum absolute atomic E-state index is 9.47. The molecule has 0 aliphatic carbocycles. The molecule has 0 saturated heterocycles. The zero-order valence-corrected chi connectivity index (χ0v) is 6.29. The van der Waals surface area contributed by atoms with Crippen LogP contribution in [0.15, 0.2) is 4.52 Å². The third kappa shape index (κ3) is 0.948. The van der Waals surface area contributed by atoms with Crippen LogP contribution >= 0.6 is 0 Å². The molecule has 11 heavy (non-hydrogen) atoms. The molecule has 1 unspecified atom stereocenters. The maximum atomic E-state index is 9.47. The first kappa shape index (κ1) is 6.82. The number of aliphatic hydroxyl groups excluding tert-OH is 1. The van der Waals surface area contributed by atoms with Crippen LogP contribution in [0.1, 0.15) is 23.1 Å². The highest BCUT2D eigenvalue weighted by molar-refractivity contribution is 5.26. The van der Waals surface area contributed by atoms with Crippen molar-refractivity contribution in [3.63, 3.8) is 0 Å². The second-order valence-electron chi connectivity index (χ2n) is 2.75. The first-order valence-corrected chi connectivity index (χ1v) is 3.63. The second kappa shape index (κ2) is 2.32. The van der Waals surface area contributed by atoms with Crippen LogP contribution in [-0.2, 0) is 6.54 Å². The molecule has 0 aromatic carbocycles. The topological polar surface area (TPSA) is 58.3 Å². The van der Waals surface area contributed by atoms with E-state index in [0.717, 1.165) is 17.0 Å². The number of aryl methyl sites for hydroxylation is 1. The van der Waals surface area contributed by atoms with Crippen molar-refractivity contribution in [2.24, 2.45) is 0 Å².